The summed E-state index contributed by atoms with van der Waals surface area (Å²) in [7, 11) is -6.28. The normalized spacial score (nSPS) is 27.4. The van der Waals surface area contributed by atoms with E-state index in [0.717, 1.165) is 0 Å². The zero-order valence-corrected chi connectivity index (χ0v) is 38.0. The number of imidazole rings is 1. The highest BCUT2D eigenvalue weighted by Gasteiger charge is 2.63. The summed E-state index contributed by atoms with van der Waals surface area (Å²) in [6, 6.07) is 8.70. The first-order chi connectivity index (χ1) is 28.4. The first-order valence-electron chi connectivity index (χ1n) is 20.4. The van der Waals surface area contributed by atoms with Crippen LogP contribution in [0.5, 0.6) is 0 Å². The third-order valence-electron chi connectivity index (χ3n) is 11.1. The molecule has 0 aliphatic carbocycles. The summed E-state index contributed by atoms with van der Waals surface area (Å²) in [5, 5.41) is 2.84. The van der Waals surface area contributed by atoms with E-state index in [-0.39, 0.29) is 52.6 Å². The van der Waals surface area contributed by atoms with E-state index >= 15 is 0 Å². The highest BCUT2D eigenvalue weighted by Crippen LogP contribution is 2.49. The predicted molar refractivity (Wildman–Crippen MR) is 219 cm³/mol. The smallest absolute Gasteiger partial charge is 0.335 e. The van der Waals surface area contributed by atoms with E-state index in [2.05, 4.69) is 75.7 Å². The number of aromatic nitrogens is 4. The Bertz CT molecular complexity index is 2000. The van der Waals surface area contributed by atoms with Crippen molar-refractivity contribution in [1.82, 2.24) is 19.5 Å². The van der Waals surface area contributed by atoms with Gasteiger partial charge in [-0.05, 0) is 34.3 Å². The fourth-order valence-corrected chi connectivity index (χ4v) is 19.5. The molecule has 2 aromatic heterocycles. The summed E-state index contributed by atoms with van der Waals surface area (Å²) >= 11 is 0. The number of hydrogen-bond acceptors (Lipinski definition) is 16. The van der Waals surface area contributed by atoms with Crippen LogP contribution in [-0.4, -0.2) is 117 Å². The molecule has 6 rings (SSSR count). The highest BCUT2D eigenvalue weighted by atomic mass is 28.5. The molecular weight excluding hydrogens is 815 g/mol. The molecule has 0 bridgehead atoms. The minimum Gasteiger partial charge on any atom is -0.463 e. The molecule has 3 fully saturated rings. The summed E-state index contributed by atoms with van der Waals surface area (Å²) in [5.41, 5.74) is 1.02. The quantitative estimate of drug-likeness (QED) is 0.128. The Morgan fingerprint density at radius 1 is 0.800 bits per heavy atom. The lowest BCUT2D eigenvalue weighted by atomic mass is 10.1. The van der Waals surface area contributed by atoms with Crippen LogP contribution in [0.15, 0.2) is 43.0 Å². The van der Waals surface area contributed by atoms with Crippen LogP contribution in [0.25, 0.3) is 11.2 Å². The van der Waals surface area contributed by atoms with Crippen LogP contribution >= 0.6 is 0 Å². The van der Waals surface area contributed by atoms with Crippen molar-refractivity contribution < 1.29 is 60.6 Å². The van der Waals surface area contributed by atoms with E-state index in [0.29, 0.717) is 11.2 Å². The first kappa shape index (κ1) is 45.4. The van der Waals surface area contributed by atoms with E-state index in [4.69, 9.17) is 41.4 Å². The van der Waals surface area contributed by atoms with Crippen molar-refractivity contribution in [3.8, 4) is 0 Å². The Kier molecular flexibility index (Phi) is 13.9. The standard InChI is InChI=1S/C40H57N5O13Si2/c1-21(2)59(22(3)4)51-18-30-33(57-60(58-59,23(5)6)24(7)8)34(56-40-35(53-27(11)48)32(52-26(10)47)29(55-40)17-50-25(9)46)39(54-30)45-20-43-31-36(41-19-42-37(31)45)44-38(49)28-15-13-12-14-16-28/h12-16,19-24,29-30,32-35,39-40H,17-18H2,1-11H3,(H,41,42,44,49)/t29-,30-,32-,33-,34-,35-,39-,40+/m1/s1. The van der Waals surface area contributed by atoms with Crippen molar-refractivity contribution in [2.75, 3.05) is 18.5 Å². The van der Waals surface area contributed by atoms with Gasteiger partial charge in [0.15, 0.2) is 41.7 Å². The monoisotopic (exact) mass is 871 g/mol. The van der Waals surface area contributed by atoms with E-state index in [1.807, 2.05) is 6.07 Å². The van der Waals surface area contributed by atoms with Crippen LogP contribution in [0, 0.1) is 0 Å². The Hall–Kier alpha value is -4.16. The number of hydrogen-bond donors (Lipinski definition) is 1. The average molecular weight is 872 g/mol. The second-order valence-corrected chi connectivity index (χ2v) is 25.4. The van der Waals surface area contributed by atoms with Gasteiger partial charge in [-0.1, -0.05) is 73.6 Å². The number of nitrogens with one attached hydrogen (secondary N) is 1. The maximum Gasteiger partial charge on any atom is 0.335 e. The lowest BCUT2D eigenvalue weighted by Gasteiger charge is -2.51. The molecule has 3 aliphatic rings. The van der Waals surface area contributed by atoms with Crippen molar-refractivity contribution in [3.05, 3.63) is 48.5 Å². The summed E-state index contributed by atoms with van der Waals surface area (Å²) in [6.45, 7) is 20.3. The second kappa shape index (κ2) is 18.4. The molecule has 1 amide bonds. The molecule has 0 spiro atoms. The lowest BCUT2D eigenvalue weighted by Crippen LogP contribution is -2.66. The van der Waals surface area contributed by atoms with Crippen molar-refractivity contribution >= 4 is 57.9 Å². The van der Waals surface area contributed by atoms with Crippen molar-refractivity contribution in [2.45, 2.75) is 147 Å². The minimum atomic E-state index is -3.28. The van der Waals surface area contributed by atoms with Gasteiger partial charge in [-0.2, -0.15) is 0 Å². The molecule has 18 nitrogen and oxygen atoms in total. The molecule has 20 heteroatoms. The SMILES string of the molecule is CC(=O)OC[C@H]1O[C@@H](O[C@@H]2[C@@H]3O[Si](C(C)C)(C(C)C)O[Si](C(C)C)(C(C)C)OC[C@H]3O[C@H]2n2cnc3c(NC(=O)c4ccccc4)ncnc32)[C@H](OC(C)=O)[C@@H]1OC(C)=O. The van der Waals surface area contributed by atoms with Crippen LogP contribution < -0.4 is 5.32 Å². The number of anilines is 1. The van der Waals surface area contributed by atoms with Gasteiger partial charge in [0.25, 0.3) is 5.91 Å². The van der Waals surface area contributed by atoms with Crippen molar-refractivity contribution in [2.24, 2.45) is 0 Å². The van der Waals surface area contributed by atoms with Gasteiger partial charge in [0.1, 0.15) is 37.4 Å². The molecule has 0 unspecified atom stereocenters. The maximum absolute atomic E-state index is 13.2. The fraction of sp³-hybridized carbons (Fsp3) is 0.625. The Balaban J connectivity index is 1.47. The third kappa shape index (κ3) is 9.06. The highest BCUT2D eigenvalue weighted by molar-refractivity contribution is 6.84. The Labute approximate surface area is 351 Å². The number of carbonyl (C=O) groups excluding carboxylic acids is 4. The number of rotatable bonds is 13. The fourth-order valence-electron chi connectivity index (χ4n) is 8.33. The first-order valence-corrected chi connectivity index (χ1v) is 24.3. The van der Waals surface area contributed by atoms with E-state index in [1.165, 1.54) is 33.4 Å². The molecule has 60 heavy (non-hydrogen) atoms. The van der Waals surface area contributed by atoms with Crippen LogP contribution in [0.2, 0.25) is 22.2 Å². The number of carbonyl (C=O) groups is 4. The molecule has 3 aromatic rings. The zero-order valence-electron chi connectivity index (χ0n) is 36.0. The van der Waals surface area contributed by atoms with Crippen LogP contribution in [0.1, 0.15) is 92.7 Å². The van der Waals surface area contributed by atoms with Crippen LogP contribution in [0.3, 0.4) is 0 Å². The number of amides is 1. The number of fused-ring (bicyclic) bond motifs is 2. The second-order valence-electron chi connectivity index (χ2n) is 16.6. The molecule has 0 saturated carbocycles. The van der Waals surface area contributed by atoms with Crippen molar-refractivity contribution in [3.63, 3.8) is 0 Å². The lowest BCUT2D eigenvalue weighted by molar-refractivity contribution is -0.226. The Morgan fingerprint density at radius 3 is 2.03 bits per heavy atom. The van der Waals surface area contributed by atoms with Gasteiger partial charge in [-0.25, -0.2) is 15.0 Å². The molecule has 3 aliphatic heterocycles. The predicted octanol–water partition coefficient (Wildman–Crippen LogP) is 5.47. The van der Waals surface area contributed by atoms with E-state index in [9.17, 15) is 19.2 Å². The molecular formula is C40H57N5O13Si2. The minimum absolute atomic E-state index is 0.0560. The number of nitrogens with zero attached hydrogens (tertiary/aromatic N) is 4. The van der Waals surface area contributed by atoms with Gasteiger partial charge in [-0.15, -0.1) is 0 Å². The summed E-state index contributed by atoms with van der Waals surface area (Å²) in [6.07, 6.45) is -5.85. The van der Waals surface area contributed by atoms with Crippen LogP contribution in [0.4, 0.5) is 5.82 Å². The van der Waals surface area contributed by atoms with Gasteiger partial charge in [0.2, 0.25) is 0 Å². The number of benzene rings is 1. The topological polar surface area (TPSA) is 207 Å². The van der Waals surface area contributed by atoms with Gasteiger partial charge in [0, 0.05) is 26.3 Å². The summed E-state index contributed by atoms with van der Waals surface area (Å²) < 4.78 is 60.5. The van der Waals surface area contributed by atoms with Gasteiger partial charge >= 0.3 is 35.0 Å². The van der Waals surface area contributed by atoms with Crippen molar-refractivity contribution in [1.29, 1.82) is 0 Å². The number of esters is 3. The molecule has 1 N–H and O–H groups in total. The van der Waals surface area contributed by atoms with Gasteiger partial charge in [-0.3, -0.25) is 23.7 Å². The summed E-state index contributed by atoms with van der Waals surface area (Å²) in [4.78, 5) is 63.7. The van der Waals surface area contributed by atoms with Gasteiger partial charge in [0.05, 0.1) is 12.9 Å². The zero-order chi connectivity index (χ0) is 43.7. The maximum atomic E-state index is 13.2. The molecule has 1 aromatic carbocycles. The molecule has 0 radical (unpaired) electrons. The largest absolute Gasteiger partial charge is 0.463 e. The molecule has 328 valence electrons. The third-order valence-corrected chi connectivity index (χ3v) is 21.4. The molecule has 3 saturated heterocycles. The van der Waals surface area contributed by atoms with E-state index < -0.39 is 84.2 Å². The molecule has 5 heterocycles. The van der Waals surface area contributed by atoms with Gasteiger partial charge < -0.3 is 46.7 Å². The Morgan fingerprint density at radius 2 is 1.43 bits per heavy atom. The van der Waals surface area contributed by atoms with E-state index in [1.54, 1.807) is 28.8 Å². The van der Waals surface area contributed by atoms with Crippen LogP contribution in [-0.2, 0) is 55.8 Å². The summed E-state index contributed by atoms with van der Waals surface area (Å²) in [5.74, 6) is -2.19. The number of ether oxygens (including phenoxy) is 6. The molecule has 8 atom stereocenters. The average Bonchev–Trinajstić information content (AvgIpc) is 3.84.